The smallest absolute Gasteiger partial charge is 0.397 e. The zero-order chi connectivity index (χ0) is 33.3. The first-order chi connectivity index (χ1) is 20.4. The number of aliphatic hydroxyl groups excluding tert-OH is 6. The van der Waals surface area contributed by atoms with Gasteiger partial charge in [-0.05, 0) is 0 Å². The summed E-state index contributed by atoms with van der Waals surface area (Å²) in [6.07, 6.45) is -29.1. The molecule has 0 saturated carbocycles. The number of ether oxygens (including phenoxy) is 6. The molecule has 0 bridgehead atoms. The molecule has 3 fully saturated rings. The summed E-state index contributed by atoms with van der Waals surface area (Å²) in [6.45, 7) is -0.247. The minimum Gasteiger partial charge on any atom is -0.479 e. The summed E-state index contributed by atoms with van der Waals surface area (Å²) in [6, 6.07) is -1.91. The normalized spacial score (nSPS) is 43.2. The highest BCUT2D eigenvalue weighted by Crippen LogP contribution is 2.34. The van der Waals surface area contributed by atoms with Crippen LogP contribution < -0.4 is 5.32 Å². The molecule has 0 unspecified atom stereocenters. The fourth-order valence-corrected chi connectivity index (χ4v) is 5.34. The largest absolute Gasteiger partial charge is 0.479 e. The van der Waals surface area contributed by atoms with E-state index in [2.05, 4.69) is 9.50 Å². The Kier molecular flexibility index (Phi) is 11.9. The highest BCUT2D eigenvalue weighted by molar-refractivity contribution is 7.80. The highest BCUT2D eigenvalue weighted by Gasteiger charge is 2.57. The van der Waals surface area contributed by atoms with E-state index in [1.165, 1.54) is 0 Å². The Morgan fingerprint density at radius 1 is 0.750 bits per heavy atom. The Balaban J connectivity index is 2.07. The number of carboxylic acid groups (broad SMARTS) is 2. The highest BCUT2D eigenvalue weighted by atomic mass is 32.3. The van der Waals surface area contributed by atoms with Crippen molar-refractivity contribution in [1.82, 2.24) is 5.32 Å². The van der Waals surface area contributed by atoms with Gasteiger partial charge >= 0.3 is 22.3 Å². The van der Waals surface area contributed by atoms with Crippen LogP contribution in [-0.4, -0.2) is 177 Å². The Morgan fingerprint density at radius 2 is 1.30 bits per heavy atom. The fourth-order valence-electron chi connectivity index (χ4n) is 4.83. The molecule has 23 heteroatoms. The number of hydrogen-bond acceptors (Lipinski definition) is 18. The van der Waals surface area contributed by atoms with Crippen LogP contribution in [0.5, 0.6) is 0 Å². The van der Waals surface area contributed by atoms with Gasteiger partial charge in [0.25, 0.3) is 0 Å². The zero-order valence-corrected chi connectivity index (χ0v) is 23.5. The van der Waals surface area contributed by atoms with Gasteiger partial charge in [-0.2, -0.15) is 8.42 Å². The second kappa shape index (κ2) is 14.5. The van der Waals surface area contributed by atoms with E-state index in [-0.39, 0.29) is 0 Å². The second-order valence-corrected chi connectivity index (χ2v) is 10.9. The van der Waals surface area contributed by atoms with E-state index in [0.29, 0.717) is 0 Å². The first-order valence-electron chi connectivity index (χ1n) is 12.6. The van der Waals surface area contributed by atoms with Crippen LogP contribution in [0.15, 0.2) is 0 Å². The Morgan fingerprint density at radius 3 is 1.80 bits per heavy atom. The number of carbonyl (C=O) groups is 3. The predicted octanol–water partition coefficient (Wildman–Crippen LogP) is -6.76. The van der Waals surface area contributed by atoms with Crippen LogP contribution in [0, 0.1) is 0 Å². The van der Waals surface area contributed by atoms with E-state index < -0.39 is 127 Å². The van der Waals surface area contributed by atoms with Crippen LogP contribution in [-0.2, 0) is 57.4 Å². The van der Waals surface area contributed by atoms with Crippen molar-refractivity contribution in [2.75, 3.05) is 13.7 Å². The summed E-state index contributed by atoms with van der Waals surface area (Å²) < 4.78 is 69.1. The second-order valence-electron chi connectivity index (χ2n) is 9.86. The number of methoxy groups -OCH3 is 1. The summed E-state index contributed by atoms with van der Waals surface area (Å²) in [5.41, 5.74) is 0. The Labute approximate surface area is 247 Å². The molecule has 0 aromatic heterocycles. The van der Waals surface area contributed by atoms with Gasteiger partial charge in [0.1, 0.15) is 61.0 Å². The van der Waals surface area contributed by atoms with Crippen molar-refractivity contribution in [1.29, 1.82) is 0 Å². The number of aliphatic hydroxyl groups is 6. The van der Waals surface area contributed by atoms with Gasteiger partial charge in [-0.15, -0.1) is 0 Å². The average Bonchev–Trinajstić information content (AvgIpc) is 2.92. The molecule has 0 aromatic rings. The van der Waals surface area contributed by atoms with Crippen LogP contribution >= 0.6 is 0 Å². The molecule has 0 aliphatic carbocycles. The molecule has 3 saturated heterocycles. The maximum absolute atomic E-state index is 12.2. The fraction of sp³-hybridized carbons (Fsp3) is 0.857. The predicted molar refractivity (Wildman–Crippen MR) is 129 cm³/mol. The summed E-state index contributed by atoms with van der Waals surface area (Å²) in [7, 11) is -4.40. The Bertz CT molecular complexity index is 1140. The third-order valence-corrected chi connectivity index (χ3v) is 7.31. The van der Waals surface area contributed by atoms with Crippen molar-refractivity contribution in [3.8, 4) is 0 Å². The van der Waals surface area contributed by atoms with Gasteiger partial charge in [-0.1, -0.05) is 0 Å². The molecular formula is C21H33NO21S. The molecule has 44 heavy (non-hydrogen) atoms. The van der Waals surface area contributed by atoms with Crippen molar-refractivity contribution < 1.29 is 101 Å². The van der Waals surface area contributed by atoms with E-state index in [0.717, 1.165) is 14.0 Å². The quantitative estimate of drug-likeness (QED) is 0.0915. The SMILES string of the molecule is CO[C@@H]1O[C@H](C(=O)O)[C@@H](O[C@@H]2O[C@H](CO)[C@H](OS(=O)(=O)O)[C@H](O[C@@H]3O[C@H](C(=O)O)[C@@H](O)[C@H](O)[C@H]3O)[C@H]2NC(C)=O)[C@H](O)[C@H]1O. The summed E-state index contributed by atoms with van der Waals surface area (Å²) >= 11 is 0. The Hall–Kier alpha value is -2.20. The average molecular weight is 668 g/mol. The maximum Gasteiger partial charge on any atom is 0.397 e. The van der Waals surface area contributed by atoms with Gasteiger partial charge in [0.15, 0.2) is 31.1 Å². The molecule has 0 aromatic carbocycles. The van der Waals surface area contributed by atoms with Crippen molar-refractivity contribution in [2.24, 2.45) is 0 Å². The first-order valence-corrected chi connectivity index (χ1v) is 14.0. The van der Waals surface area contributed by atoms with Gasteiger partial charge < -0.3 is 74.6 Å². The molecule has 3 heterocycles. The van der Waals surface area contributed by atoms with Crippen molar-refractivity contribution in [3.05, 3.63) is 0 Å². The molecule has 3 rings (SSSR count). The van der Waals surface area contributed by atoms with Crippen LogP contribution in [0.2, 0.25) is 0 Å². The number of amides is 1. The molecule has 10 N–H and O–H groups in total. The van der Waals surface area contributed by atoms with Crippen LogP contribution in [0.1, 0.15) is 6.92 Å². The van der Waals surface area contributed by atoms with Gasteiger partial charge in [-0.3, -0.25) is 9.35 Å². The monoisotopic (exact) mass is 667 g/mol. The number of aliphatic carboxylic acids is 2. The van der Waals surface area contributed by atoms with E-state index in [9.17, 15) is 68.2 Å². The lowest BCUT2D eigenvalue weighted by Crippen LogP contribution is -2.70. The van der Waals surface area contributed by atoms with Gasteiger partial charge in [0, 0.05) is 14.0 Å². The molecule has 254 valence electrons. The third-order valence-electron chi connectivity index (χ3n) is 6.84. The molecule has 0 spiro atoms. The van der Waals surface area contributed by atoms with Crippen LogP contribution in [0.3, 0.4) is 0 Å². The summed E-state index contributed by atoms with van der Waals surface area (Å²) in [4.78, 5) is 35.7. The van der Waals surface area contributed by atoms with Gasteiger partial charge in [0.05, 0.1) is 6.61 Å². The zero-order valence-electron chi connectivity index (χ0n) is 22.7. The summed E-state index contributed by atoms with van der Waals surface area (Å²) in [5, 5.41) is 82.8. The lowest BCUT2D eigenvalue weighted by Gasteiger charge is -2.49. The molecule has 15 atom stereocenters. The summed E-state index contributed by atoms with van der Waals surface area (Å²) in [5.74, 6) is -4.51. The number of rotatable bonds is 11. The standard InChI is InChI=1S/C21H33NO21S/c1-4(24)22-6-13(39-21-10(28)7(25)8(26)15(41-21)17(30)31)12(43-44(34,35)36)5(3-23)38-19(6)40-14-9(27)11(29)20(37-2)42-16(14)18(32)33/h5-16,19-21,23,25-29H,3H2,1-2H3,(H,22,24)(H,30,31)(H,32,33)(H,34,35,36)/t5-,6-,7+,8+,9-,10-,11-,12+,13-,14+,15+,16+,19+,20-,21-/m1/s1. The number of carbonyl (C=O) groups excluding carboxylic acids is 1. The third kappa shape index (κ3) is 7.95. The van der Waals surface area contributed by atoms with Crippen LogP contribution in [0.25, 0.3) is 0 Å². The van der Waals surface area contributed by atoms with Crippen molar-refractivity contribution in [3.63, 3.8) is 0 Å². The molecule has 1 amide bonds. The van der Waals surface area contributed by atoms with E-state index in [1.807, 2.05) is 0 Å². The molecule has 0 radical (unpaired) electrons. The van der Waals surface area contributed by atoms with E-state index in [1.54, 1.807) is 0 Å². The first kappa shape index (κ1) is 36.3. The minimum absolute atomic E-state index is 0.920. The molecule has 3 aliphatic heterocycles. The molecule has 22 nitrogen and oxygen atoms in total. The number of carboxylic acids is 2. The van der Waals surface area contributed by atoms with Crippen LogP contribution in [0.4, 0.5) is 0 Å². The molecule has 3 aliphatic rings. The lowest BCUT2D eigenvalue weighted by atomic mass is 9.94. The van der Waals surface area contributed by atoms with Crippen molar-refractivity contribution in [2.45, 2.75) is 99.0 Å². The number of hydrogen-bond donors (Lipinski definition) is 10. The van der Waals surface area contributed by atoms with Crippen molar-refractivity contribution >= 4 is 28.2 Å². The van der Waals surface area contributed by atoms with Gasteiger partial charge in [0.2, 0.25) is 5.91 Å². The van der Waals surface area contributed by atoms with E-state index >= 15 is 0 Å². The van der Waals surface area contributed by atoms with Gasteiger partial charge in [-0.25, -0.2) is 13.8 Å². The number of nitrogens with one attached hydrogen (secondary N) is 1. The topological polar surface area (TPSA) is 344 Å². The minimum atomic E-state index is -5.44. The molecular weight excluding hydrogens is 634 g/mol. The lowest BCUT2D eigenvalue weighted by molar-refractivity contribution is -0.357. The van der Waals surface area contributed by atoms with E-state index in [4.69, 9.17) is 28.4 Å². The maximum atomic E-state index is 12.2.